The summed E-state index contributed by atoms with van der Waals surface area (Å²) in [5.74, 6) is 0.922. The van der Waals surface area contributed by atoms with Gasteiger partial charge in [0.15, 0.2) is 0 Å². The molecule has 1 aromatic rings. The van der Waals surface area contributed by atoms with Crippen molar-refractivity contribution < 1.29 is 4.74 Å². The molecule has 0 aliphatic carbocycles. The number of halogens is 1. The molecule has 2 rings (SSSR count). The fourth-order valence-electron chi connectivity index (χ4n) is 2.81. The van der Waals surface area contributed by atoms with Crippen molar-refractivity contribution in [3.05, 3.63) is 28.2 Å². The van der Waals surface area contributed by atoms with E-state index in [1.54, 1.807) is 7.11 Å². The number of nitrogens with two attached hydrogens (primary N) is 1. The van der Waals surface area contributed by atoms with Gasteiger partial charge in [0.25, 0.3) is 0 Å². The maximum absolute atomic E-state index is 5.73. The van der Waals surface area contributed by atoms with Crippen LogP contribution in [0.25, 0.3) is 0 Å². The molecule has 106 valence electrons. The van der Waals surface area contributed by atoms with E-state index in [2.05, 4.69) is 33.0 Å². The van der Waals surface area contributed by atoms with Crippen molar-refractivity contribution in [2.24, 2.45) is 5.73 Å². The van der Waals surface area contributed by atoms with Crippen LogP contribution >= 0.6 is 15.9 Å². The molecule has 1 aliphatic heterocycles. The smallest absolute Gasteiger partial charge is 0.119 e. The lowest BCUT2D eigenvalue weighted by Crippen LogP contribution is -2.40. The predicted molar refractivity (Wildman–Crippen MR) is 82.4 cm³/mol. The van der Waals surface area contributed by atoms with Gasteiger partial charge in [0, 0.05) is 17.1 Å². The van der Waals surface area contributed by atoms with Crippen molar-refractivity contribution in [3.63, 3.8) is 0 Å². The summed E-state index contributed by atoms with van der Waals surface area (Å²) in [4.78, 5) is 2.57. The van der Waals surface area contributed by atoms with Gasteiger partial charge in [-0.3, -0.25) is 4.90 Å². The molecule has 0 saturated carbocycles. The zero-order valence-corrected chi connectivity index (χ0v) is 13.2. The number of likely N-dealkylation sites (tertiary alicyclic amines) is 1. The van der Waals surface area contributed by atoms with Crippen molar-refractivity contribution in [2.45, 2.75) is 38.3 Å². The standard InChI is InChI=1S/C15H23BrN2O/c1-19-14-5-6-15(16)12(10-14)11-18-9-3-2-4-13(18)7-8-17/h5-6,10,13H,2-4,7-9,11,17H2,1H3. The maximum atomic E-state index is 5.73. The van der Waals surface area contributed by atoms with Crippen LogP contribution in [0.15, 0.2) is 22.7 Å². The van der Waals surface area contributed by atoms with Gasteiger partial charge < -0.3 is 10.5 Å². The van der Waals surface area contributed by atoms with Gasteiger partial charge in [-0.05, 0) is 56.1 Å². The maximum Gasteiger partial charge on any atom is 0.119 e. The number of piperidine rings is 1. The number of nitrogens with zero attached hydrogens (tertiary/aromatic N) is 1. The first-order valence-corrected chi connectivity index (χ1v) is 7.80. The van der Waals surface area contributed by atoms with Crippen LogP contribution in [-0.4, -0.2) is 31.1 Å². The average molecular weight is 327 g/mol. The van der Waals surface area contributed by atoms with Gasteiger partial charge in [-0.25, -0.2) is 0 Å². The molecule has 1 unspecified atom stereocenters. The summed E-state index contributed by atoms with van der Waals surface area (Å²) in [6, 6.07) is 6.81. The topological polar surface area (TPSA) is 38.5 Å². The third-order valence-electron chi connectivity index (χ3n) is 3.88. The van der Waals surface area contributed by atoms with E-state index in [9.17, 15) is 0 Å². The first-order chi connectivity index (χ1) is 9.24. The van der Waals surface area contributed by atoms with E-state index in [1.807, 2.05) is 6.07 Å². The van der Waals surface area contributed by atoms with Crippen LogP contribution in [0.2, 0.25) is 0 Å². The lowest BCUT2D eigenvalue weighted by Gasteiger charge is -2.36. The summed E-state index contributed by atoms with van der Waals surface area (Å²) in [5, 5.41) is 0. The minimum absolute atomic E-state index is 0.636. The lowest BCUT2D eigenvalue weighted by molar-refractivity contribution is 0.133. The molecule has 19 heavy (non-hydrogen) atoms. The van der Waals surface area contributed by atoms with Crippen molar-refractivity contribution in [2.75, 3.05) is 20.2 Å². The van der Waals surface area contributed by atoms with Crippen LogP contribution in [0, 0.1) is 0 Å². The highest BCUT2D eigenvalue weighted by Crippen LogP contribution is 2.27. The van der Waals surface area contributed by atoms with E-state index < -0.39 is 0 Å². The molecule has 1 aliphatic rings. The molecule has 0 aromatic heterocycles. The molecular weight excluding hydrogens is 304 g/mol. The molecule has 4 heteroatoms. The fraction of sp³-hybridized carbons (Fsp3) is 0.600. The van der Waals surface area contributed by atoms with Gasteiger partial charge in [0.2, 0.25) is 0 Å². The van der Waals surface area contributed by atoms with Crippen LogP contribution < -0.4 is 10.5 Å². The Balaban J connectivity index is 2.09. The third-order valence-corrected chi connectivity index (χ3v) is 4.65. The van der Waals surface area contributed by atoms with Crippen molar-refractivity contribution in [1.29, 1.82) is 0 Å². The zero-order valence-electron chi connectivity index (χ0n) is 11.6. The number of hydrogen-bond acceptors (Lipinski definition) is 3. The number of rotatable bonds is 5. The summed E-state index contributed by atoms with van der Waals surface area (Å²) in [7, 11) is 1.71. The lowest BCUT2D eigenvalue weighted by atomic mass is 9.98. The van der Waals surface area contributed by atoms with Crippen molar-refractivity contribution in [3.8, 4) is 5.75 Å². The summed E-state index contributed by atoms with van der Waals surface area (Å²) in [6.45, 7) is 2.93. The molecule has 1 heterocycles. The van der Waals surface area contributed by atoms with Gasteiger partial charge >= 0.3 is 0 Å². The van der Waals surface area contributed by atoms with Gasteiger partial charge in [-0.1, -0.05) is 22.4 Å². The fourth-order valence-corrected chi connectivity index (χ4v) is 3.18. The van der Waals surface area contributed by atoms with Crippen LogP contribution in [0.4, 0.5) is 0 Å². The Morgan fingerprint density at radius 1 is 1.42 bits per heavy atom. The van der Waals surface area contributed by atoms with Crippen molar-refractivity contribution >= 4 is 15.9 Å². The Bertz CT molecular complexity index is 409. The normalized spacial score (nSPS) is 20.5. The molecule has 0 spiro atoms. The van der Waals surface area contributed by atoms with Gasteiger partial charge in [0.05, 0.1) is 7.11 Å². The van der Waals surface area contributed by atoms with Crippen LogP contribution in [-0.2, 0) is 6.54 Å². The first kappa shape index (κ1) is 14.8. The Kier molecular flexibility index (Phi) is 5.67. The SMILES string of the molecule is COc1ccc(Br)c(CN2CCCCC2CCN)c1. The van der Waals surface area contributed by atoms with Gasteiger partial charge in [-0.15, -0.1) is 0 Å². The van der Waals surface area contributed by atoms with Gasteiger partial charge in [-0.2, -0.15) is 0 Å². The van der Waals surface area contributed by atoms with Crippen molar-refractivity contribution in [1.82, 2.24) is 4.90 Å². The Labute approximate surface area is 124 Å². The second kappa shape index (κ2) is 7.27. The van der Waals surface area contributed by atoms with Gasteiger partial charge in [0.1, 0.15) is 5.75 Å². The molecule has 0 radical (unpaired) electrons. The quantitative estimate of drug-likeness (QED) is 0.903. The van der Waals surface area contributed by atoms with Crippen LogP contribution in [0.1, 0.15) is 31.2 Å². The minimum atomic E-state index is 0.636. The molecule has 1 aromatic carbocycles. The molecule has 0 bridgehead atoms. The Hall–Kier alpha value is -0.580. The molecule has 2 N–H and O–H groups in total. The molecular formula is C15H23BrN2O. The molecule has 1 saturated heterocycles. The predicted octanol–water partition coefficient (Wildman–Crippen LogP) is 3.16. The van der Waals surface area contributed by atoms with E-state index in [0.717, 1.165) is 29.7 Å². The second-order valence-corrected chi connectivity index (χ2v) is 6.01. The highest BCUT2D eigenvalue weighted by atomic mass is 79.9. The summed E-state index contributed by atoms with van der Waals surface area (Å²) in [6.07, 6.45) is 5.00. The molecule has 1 fully saturated rings. The highest BCUT2D eigenvalue weighted by molar-refractivity contribution is 9.10. The highest BCUT2D eigenvalue weighted by Gasteiger charge is 2.22. The van der Waals surface area contributed by atoms with Crippen LogP contribution in [0.5, 0.6) is 5.75 Å². The van der Waals surface area contributed by atoms with E-state index >= 15 is 0 Å². The minimum Gasteiger partial charge on any atom is -0.497 e. The molecule has 3 nitrogen and oxygen atoms in total. The number of methoxy groups -OCH3 is 1. The van der Waals surface area contributed by atoms with Crippen LogP contribution in [0.3, 0.4) is 0 Å². The summed E-state index contributed by atoms with van der Waals surface area (Å²) >= 11 is 3.64. The largest absolute Gasteiger partial charge is 0.497 e. The van der Waals surface area contributed by atoms with E-state index in [1.165, 1.54) is 31.4 Å². The first-order valence-electron chi connectivity index (χ1n) is 7.01. The summed E-state index contributed by atoms with van der Waals surface area (Å²) in [5.41, 5.74) is 7.03. The molecule has 1 atom stereocenters. The zero-order chi connectivity index (χ0) is 13.7. The number of benzene rings is 1. The number of ether oxygens (including phenoxy) is 1. The average Bonchev–Trinajstić information content (AvgIpc) is 2.43. The summed E-state index contributed by atoms with van der Waals surface area (Å²) < 4.78 is 6.47. The van der Waals surface area contributed by atoms with E-state index in [4.69, 9.17) is 10.5 Å². The van der Waals surface area contributed by atoms with E-state index in [0.29, 0.717) is 6.04 Å². The molecule has 0 amide bonds. The Morgan fingerprint density at radius 3 is 3.00 bits per heavy atom. The monoisotopic (exact) mass is 326 g/mol. The third kappa shape index (κ3) is 3.94. The van der Waals surface area contributed by atoms with E-state index in [-0.39, 0.29) is 0 Å². The Morgan fingerprint density at radius 2 is 2.26 bits per heavy atom. The number of hydrogen-bond donors (Lipinski definition) is 1. The second-order valence-electron chi connectivity index (χ2n) is 5.15.